The summed E-state index contributed by atoms with van der Waals surface area (Å²) in [7, 11) is 0. The highest BCUT2D eigenvalue weighted by Crippen LogP contribution is 2.76. The first-order valence-electron chi connectivity index (χ1n) is 27.1. The van der Waals surface area contributed by atoms with Crippen LogP contribution >= 0.6 is 0 Å². The molecule has 0 aromatic rings. The summed E-state index contributed by atoms with van der Waals surface area (Å²) in [5.74, 6) is -0.306. The van der Waals surface area contributed by atoms with Crippen molar-refractivity contribution in [3.63, 3.8) is 0 Å². The zero-order valence-electron chi connectivity index (χ0n) is 44.1. The molecule has 424 valence electrons. The molecule has 4 aliphatic heterocycles. The van der Waals surface area contributed by atoms with Gasteiger partial charge < -0.3 is 99.2 Å². The lowest BCUT2D eigenvalue weighted by Gasteiger charge is -2.71. The van der Waals surface area contributed by atoms with Gasteiger partial charge in [-0.05, 0) is 116 Å². The van der Waals surface area contributed by atoms with Crippen LogP contribution in [0.1, 0.15) is 120 Å². The average molecular weight is 1060 g/mol. The summed E-state index contributed by atoms with van der Waals surface area (Å²) >= 11 is 0. The lowest BCUT2D eigenvalue weighted by Crippen LogP contribution is -2.67. The second-order valence-corrected chi connectivity index (χ2v) is 25.8. The fraction of sp³-hybridized carbons (Fsp3) is 0.943. The Kier molecular flexibility index (Phi) is 15.8. The number of aliphatic hydroxyl groups is 12. The van der Waals surface area contributed by atoms with E-state index in [-0.39, 0.29) is 46.0 Å². The molecule has 8 fully saturated rings. The van der Waals surface area contributed by atoms with Gasteiger partial charge in [0.1, 0.15) is 85.5 Å². The average Bonchev–Trinajstić information content (AvgIpc) is 3.35. The van der Waals surface area contributed by atoms with Crippen LogP contribution in [0.2, 0.25) is 0 Å². The van der Waals surface area contributed by atoms with Gasteiger partial charge in [-0.2, -0.15) is 0 Å². The number of carbonyl (C=O) groups is 1. The Hall–Kier alpha value is -1.55. The minimum Gasteiger partial charge on any atom is -0.432 e. The van der Waals surface area contributed by atoms with E-state index in [1.807, 2.05) is 0 Å². The lowest BCUT2D eigenvalue weighted by molar-refractivity contribution is -0.388. The number of allylic oxidation sites excluding steroid dienone is 2. The molecule has 0 bridgehead atoms. The van der Waals surface area contributed by atoms with E-state index in [0.29, 0.717) is 19.3 Å². The van der Waals surface area contributed by atoms with Gasteiger partial charge >= 0.3 is 5.97 Å². The van der Waals surface area contributed by atoms with E-state index < -0.39 is 153 Å². The molecule has 21 nitrogen and oxygen atoms in total. The van der Waals surface area contributed by atoms with Crippen molar-refractivity contribution in [2.75, 3.05) is 19.8 Å². The maximum absolute atomic E-state index is 14.8. The molecular formula is C53H86O21. The van der Waals surface area contributed by atoms with Crippen LogP contribution in [-0.2, 0) is 42.7 Å². The van der Waals surface area contributed by atoms with Crippen LogP contribution in [0.15, 0.2) is 11.6 Å². The molecule has 0 spiro atoms. The molecule has 4 saturated carbocycles. The molecule has 9 aliphatic rings. The molecule has 27 atom stereocenters. The molecule has 1 unspecified atom stereocenters. The van der Waals surface area contributed by atoms with Crippen LogP contribution in [0.5, 0.6) is 0 Å². The largest absolute Gasteiger partial charge is 0.432 e. The standard InChI is InChI=1S/C53H86O21/c1-23-32(57)35(60)38(63)43(68-23)73-42-41(72-44-39(64)36(61)33(58)27(20-54)69-44)26(56)22-67-46(42)71-31-12-13-50(6)29(49(31,4)5)11-14-52(8)30(50)10-9-24-25-19-48(2,3)15-17-53(25,18-16-51(24,52)7)47(66)74-45-40(65)37(62)34(59)28(21-55)70-45/h9,23,25-46,54-65H,10-22H2,1-8H3/t23-,25-,26-,27+,28+,29?,30+,31-,32-,33+,34+,35+,36-,37-,38+,39+,40+,41-,42+,43-,44-,45-,46-,50-,51+,52+,53-/m0/s1. The Labute approximate surface area is 433 Å². The number of carbonyl (C=O) groups excluding carboxylic acids is 1. The van der Waals surface area contributed by atoms with Gasteiger partial charge in [0.05, 0.1) is 37.4 Å². The highest BCUT2D eigenvalue weighted by molar-refractivity contribution is 5.79. The number of fused-ring (bicyclic) bond motifs is 7. The van der Waals surface area contributed by atoms with Crippen LogP contribution in [0.25, 0.3) is 0 Å². The molecule has 0 aromatic heterocycles. The molecule has 74 heavy (non-hydrogen) atoms. The van der Waals surface area contributed by atoms with Gasteiger partial charge in [-0.1, -0.05) is 60.1 Å². The number of hydrogen-bond acceptors (Lipinski definition) is 21. The van der Waals surface area contributed by atoms with Gasteiger partial charge in [0.25, 0.3) is 0 Å². The first-order chi connectivity index (χ1) is 34.6. The molecule has 21 heteroatoms. The second kappa shape index (κ2) is 20.5. The summed E-state index contributed by atoms with van der Waals surface area (Å²) in [5.41, 5.74) is -0.904. The highest BCUT2D eigenvalue weighted by atomic mass is 16.8. The molecule has 4 saturated heterocycles. The Morgan fingerprint density at radius 1 is 0.608 bits per heavy atom. The van der Waals surface area contributed by atoms with E-state index in [0.717, 1.165) is 44.9 Å². The minimum atomic E-state index is -1.83. The molecule has 0 amide bonds. The van der Waals surface area contributed by atoms with Gasteiger partial charge in [0, 0.05) is 0 Å². The summed E-state index contributed by atoms with van der Waals surface area (Å²) in [5, 5.41) is 128. The van der Waals surface area contributed by atoms with E-state index in [1.54, 1.807) is 0 Å². The molecule has 0 aromatic carbocycles. The summed E-state index contributed by atoms with van der Waals surface area (Å²) < 4.78 is 49.0. The number of hydrogen-bond donors (Lipinski definition) is 12. The maximum Gasteiger partial charge on any atom is 0.315 e. The number of esters is 1. The van der Waals surface area contributed by atoms with Gasteiger partial charge in [-0.3, -0.25) is 4.79 Å². The van der Waals surface area contributed by atoms with E-state index in [2.05, 4.69) is 54.5 Å². The Morgan fingerprint density at radius 3 is 1.81 bits per heavy atom. The number of rotatable bonds is 10. The Morgan fingerprint density at radius 2 is 1.18 bits per heavy atom. The predicted octanol–water partition coefficient (Wildman–Crippen LogP) is -0.369. The highest BCUT2D eigenvalue weighted by Gasteiger charge is 2.70. The quantitative estimate of drug-likeness (QED) is 0.0755. The summed E-state index contributed by atoms with van der Waals surface area (Å²) in [6.07, 6.45) is -20.0. The summed E-state index contributed by atoms with van der Waals surface area (Å²) in [6, 6.07) is 0. The van der Waals surface area contributed by atoms with E-state index >= 15 is 0 Å². The van der Waals surface area contributed by atoms with E-state index in [4.69, 9.17) is 37.9 Å². The Balaban J connectivity index is 0.973. The normalized spacial score (nSPS) is 54.1. The summed E-state index contributed by atoms with van der Waals surface area (Å²) in [4.78, 5) is 14.8. The van der Waals surface area contributed by atoms with Crippen molar-refractivity contribution in [2.24, 2.45) is 50.2 Å². The van der Waals surface area contributed by atoms with Gasteiger partial charge in [-0.15, -0.1) is 0 Å². The van der Waals surface area contributed by atoms with Gasteiger partial charge in [-0.25, -0.2) is 0 Å². The van der Waals surface area contributed by atoms with E-state index in [1.165, 1.54) is 12.5 Å². The van der Waals surface area contributed by atoms with Crippen LogP contribution in [0, 0.1) is 50.2 Å². The molecule has 0 radical (unpaired) electrons. The zero-order valence-corrected chi connectivity index (χ0v) is 44.1. The van der Waals surface area contributed by atoms with Crippen molar-refractivity contribution in [3.05, 3.63) is 11.6 Å². The second-order valence-electron chi connectivity index (χ2n) is 25.8. The molecule has 5 aliphatic carbocycles. The van der Waals surface area contributed by atoms with Crippen molar-refractivity contribution >= 4 is 5.97 Å². The van der Waals surface area contributed by atoms with Crippen molar-refractivity contribution in [3.8, 4) is 0 Å². The zero-order chi connectivity index (χ0) is 54.0. The number of ether oxygens (including phenoxy) is 8. The third-order valence-electron chi connectivity index (χ3n) is 21.0. The number of aliphatic hydroxyl groups excluding tert-OH is 12. The minimum absolute atomic E-state index is 0.0812. The molecule has 4 heterocycles. The third-order valence-corrected chi connectivity index (χ3v) is 21.0. The van der Waals surface area contributed by atoms with Gasteiger partial charge in [0.15, 0.2) is 18.9 Å². The van der Waals surface area contributed by atoms with Crippen molar-refractivity contribution < 1.29 is 104 Å². The molecular weight excluding hydrogens is 973 g/mol. The lowest BCUT2D eigenvalue weighted by atomic mass is 9.33. The van der Waals surface area contributed by atoms with E-state index in [9.17, 15) is 66.1 Å². The van der Waals surface area contributed by atoms with Crippen molar-refractivity contribution in [1.29, 1.82) is 0 Å². The van der Waals surface area contributed by atoms with Gasteiger partial charge in [0.2, 0.25) is 6.29 Å². The molecule has 9 rings (SSSR count). The van der Waals surface area contributed by atoms with Crippen LogP contribution in [0.4, 0.5) is 0 Å². The Bertz CT molecular complexity index is 2040. The topological polar surface area (TPSA) is 334 Å². The molecule has 12 N–H and O–H groups in total. The van der Waals surface area contributed by atoms with Crippen LogP contribution < -0.4 is 0 Å². The maximum atomic E-state index is 14.8. The summed E-state index contributed by atoms with van der Waals surface area (Å²) in [6.45, 7) is 15.9. The fourth-order valence-electron chi connectivity index (χ4n) is 16.2. The SMILES string of the molecule is C[C@@H]1O[C@@H](O[C@H]2[C@H](O[C@H]3CC[C@@]4(C)C(CC[C@]5(C)[C@@H]4CC=C4[C@@H]6CC(C)(C)CC[C@]6(C(=O)O[C@@H]6O[C@H](CO)[C@@H](O)[C@H](O)[C@H]6O)CC[C@]45C)C3(C)C)OC[C@H](O)[C@@H]2O[C@@H]2O[C@H](CO)[C@@H](O)[C@H](O)[C@H]2O)[C@H](O)[C@H](O)[C@H]1O. The predicted molar refractivity (Wildman–Crippen MR) is 255 cm³/mol. The van der Waals surface area contributed by atoms with Crippen molar-refractivity contribution in [2.45, 2.75) is 242 Å². The first-order valence-corrected chi connectivity index (χ1v) is 27.1. The smallest absolute Gasteiger partial charge is 0.315 e. The monoisotopic (exact) mass is 1060 g/mol. The fourth-order valence-corrected chi connectivity index (χ4v) is 16.2. The van der Waals surface area contributed by atoms with Crippen LogP contribution in [0.3, 0.4) is 0 Å². The third kappa shape index (κ3) is 9.17. The first kappa shape index (κ1) is 57.1. The van der Waals surface area contributed by atoms with Crippen LogP contribution in [-0.4, -0.2) is 210 Å². The van der Waals surface area contributed by atoms with Crippen molar-refractivity contribution in [1.82, 2.24) is 0 Å².